The molecule has 1 aromatic carbocycles. The van der Waals surface area contributed by atoms with Gasteiger partial charge in [0.25, 0.3) is 0 Å². The number of aromatic nitrogens is 4. The fourth-order valence-electron chi connectivity index (χ4n) is 3.81. The Morgan fingerprint density at radius 2 is 2.06 bits per heavy atom. The number of hydrogen-bond acceptors (Lipinski definition) is 10. The van der Waals surface area contributed by atoms with Crippen molar-refractivity contribution in [2.24, 2.45) is 0 Å². The van der Waals surface area contributed by atoms with Gasteiger partial charge in [0.05, 0.1) is 12.9 Å². The molecule has 3 aromatic rings. The number of aliphatic hydroxyl groups is 3. The number of nitrogens with zero attached hydrogens (tertiary/aromatic N) is 4. The van der Waals surface area contributed by atoms with Crippen LogP contribution in [0.2, 0.25) is 10.3 Å². The number of carbonyl (C=O) groups is 1. The van der Waals surface area contributed by atoms with Gasteiger partial charge in [0.2, 0.25) is 10.9 Å². The Hall–Kier alpha value is -2.72. The number of aliphatic carboxylic acids is 1. The third kappa shape index (κ3) is 4.68. The molecule has 1 saturated heterocycles. The lowest BCUT2D eigenvalue weighted by Crippen LogP contribution is -2.55. The molecule has 12 nitrogen and oxygen atoms in total. The van der Waals surface area contributed by atoms with Crippen LogP contribution >= 0.6 is 23.2 Å². The Balaban J connectivity index is 1.58. The number of benzene rings is 1. The van der Waals surface area contributed by atoms with Crippen molar-refractivity contribution < 1.29 is 43.5 Å². The molecule has 0 saturated carbocycles. The molecule has 3 heterocycles. The molecule has 2 aromatic heterocycles. The molecular weight excluding hydrogens is 531 g/mol. The molecular formula is C20H19Cl2F2N5O7. The van der Waals surface area contributed by atoms with E-state index in [1.54, 1.807) is 0 Å². The first kappa shape index (κ1) is 26.3. The Morgan fingerprint density at radius 1 is 1.33 bits per heavy atom. The number of nitrogen functional groups attached to an aromatic ring is 1. The highest BCUT2D eigenvalue weighted by Gasteiger charge is 2.51. The Labute approximate surface area is 210 Å². The molecule has 16 heteroatoms. The second-order valence-electron chi connectivity index (χ2n) is 7.99. The van der Waals surface area contributed by atoms with Crippen LogP contribution < -0.4 is 5.73 Å². The Morgan fingerprint density at radius 3 is 2.69 bits per heavy atom. The van der Waals surface area contributed by atoms with Crippen LogP contribution in [0.25, 0.3) is 11.2 Å². The van der Waals surface area contributed by atoms with E-state index in [2.05, 4.69) is 15.0 Å². The largest absolute Gasteiger partial charge is 0.479 e. The van der Waals surface area contributed by atoms with Gasteiger partial charge in [-0.25, -0.2) is 18.6 Å². The number of aliphatic hydroxyl groups excluding tert-OH is 2. The van der Waals surface area contributed by atoms with E-state index in [9.17, 15) is 29.6 Å². The van der Waals surface area contributed by atoms with Gasteiger partial charge >= 0.3 is 5.97 Å². The lowest BCUT2D eigenvalue weighted by atomic mass is 9.93. The number of nitrogens with two attached hydrogens (primary N) is 1. The van der Waals surface area contributed by atoms with Gasteiger partial charge in [0.15, 0.2) is 30.2 Å². The molecule has 6 N–H and O–H groups in total. The number of imidazole rings is 1. The topological polar surface area (TPSA) is 186 Å². The molecule has 4 rings (SSSR count). The van der Waals surface area contributed by atoms with Gasteiger partial charge in [-0.15, -0.1) is 0 Å². The van der Waals surface area contributed by atoms with Gasteiger partial charge in [-0.1, -0.05) is 17.7 Å². The van der Waals surface area contributed by atoms with Crippen LogP contribution in [-0.2, 0) is 20.7 Å². The van der Waals surface area contributed by atoms with Gasteiger partial charge in [0.1, 0.15) is 23.5 Å². The number of rotatable bonds is 8. The second-order valence-corrected chi connectivity index (χ2v) is 8.77. The zero-order valence-electron chi connectivity index (χ0n) is 18.0. The zero-order chi connectivity index (χ0) is 26.4. The summed E-state index contributed by atoms with van der Waals surface area (Å²) in [6.07, 6.45) is -9.23. The highest BCUT2D eigenvalue weighted by Crippen LogP contribution is 2.36. The molecule has 0 aliphatic carbocycles. The quantitative estimate of drug-likeness (QED) is 0.198. The summed E-state index contributed by atoms with van der Waals surface area (Å²) in [5, 5.41) is 39.7. The third-order valence-corrected chi connectivity index (χ3v) is 6.15. The number of halogens is 4. The fraction of sp³-hybridized carbons (Fsp3) is 0.400. The van der Waals surface area contributed by atoms with Crippen molar-refractivity contribution in [2.45, 2.75) is 42.9 Å². The number of fused-ring (bicyclic) bond motifs is 1. The van der Waals surface area contributed by atoms with Crippen LogP contribution in [0, 0.1) is 5.82 Å². The third-order valence-electron chi connectivity index (χ3n) is 5.74. The molecule has 0 spiro atoms. The number of alkyl halides is 1. The average molecular weight is 550 g/mol. The lowest BCUT2D eigenvalue weighted by molar-refractivity contribution is -0.231. The second kappa shape index (κ2) is 9.97. The summed E-state index contributed by atoms with van der Waals surface area (Å²) in [4.78, 5) is 23.7. The normalized spacial score (nSPS) is 23.9. The van der Waals surface area contributed by atoms with Crippen molar-refractivity contribution in [3.8, 4) is 0 Å². The highest BCUT2D eigenvalue weighted by atomic mass is 35.5. The minimum Gasteiger partial charge on any atom is -0.479 e. The number of anilines is 1. The van der Waals surface area contributed by atoms with E-state index in [1.807, 2.05) is 0 Å². The first-order valence-corrected chi connectivity index (χ1v) is 11.0. The van der Waals surface area contributed by atoms with E-state index in [1.165, 1.54) is 6.07 Å². The molecule has 0 bridgehead atoms. The summed E-state index contributed by atoms with van der Waals surface area (Å²) in [7, 11) is 0. The standard InChI is InChI=1S/C20H19Cl2F2N5O7/c21-8-2-1-7(9(23)3-8)4-20(17(31)32,18(33)34)35-5-10-13(30)11(24)16(36-10)29-6-26-12-14(25)27-19(22)28-15(12)29/h1-3,6,10-11,13,16-17,30-32H,4-5H2,(H,33,34)(H2,25,27,28)/t10-,11+,13-,16-,20?/m1/s1. The summed E-state index contributed by atoms with van der Waals surface area (Å²) in [6, 6.07) is 3.34. The Kier molecular flexibility index (Phi) is 7.30. The summed E-state index contributed by atoms with van der Waals surface area (Å²) in [6.45, 7) is -0.818. The maximum Gasteiger partial charge on any atom is 0.341 e. The minimum atomic E-state index is -2.79. The molecule has 5 atom stereocenters. The van der Waals surface area contributed by atoms with Gasteiger partial charge in [-0.2, -0.15) is 9.97 Å². The van der Waals surface area contributed by atoms with Gasteiger partial charge < -0.3 is 35.6 Å². The van der Waals surface area contributed by atoms with Gasteiger partial charge in [-0.3, -0.25) is 4.57 Å². The van der Waals surface area contributed by atoms with E-state index in [0.717, 1.165) is 23.0 Å². The van der Waals surface area contributed by atoms with Crippen LogP contribution in [0.5, 0.6) is 0 Å². The van der Waals surface area contributed by atoms with Gasteiger partial charge in [-0.05, 0) is 29.3 Å². The van der Waals surface area contributed by atoms with E-state index in [0.29, 0.717) is 0 Å². The van der Waals surface area contributed by atoms with Crippen LogP contribution in [0.4, 0.5) is 14.6 Å². The maximum atomic E-state index is 15.0. The number of ether oxygens (including phenoxy) is 2. The molecule has 0 radical (unpaired) electrons. The van der Waals surface area contributed by atoms with Gasteiger partial charge in [0, 0.05) is 11.4 Å². The fourth-order valence-corrected chi connectivity index (χ4v) is 4.14. The summed E-state index contributed by atoms with van der Waals surface area (Å²) >= 11 is 11.5. The number of carboxylic acid groups (broad SMARTS) is 1. The van der Waals surface area contributed by atoms with E-state index in [4.69, 9.17) is 38.4 Å². The first-order valence-electron chi connectivity index (χ1n) is 10.2. The lowest BCUT2D eigenvalue weighted by Gasteiger charge is -2.32. The molecule has 1 aliphatic rings. The van der Waals surface area contributed by atoms with Crippen LogP contribution in [0.1, 0.15) is 11.8 Å². The van der Waals surface area contributed by atoms with Crippen molar-refractivity contribution in [1.82, 2.24) is 19.5 Å². The Bertz CT molecular complexity index is 1300. The van der Waals surface area contributed by atoms with Crippen LogP contribution in [-0.4, -0.2) is 82.8 Å². The summed E-state index contributed by atoms with van der Waals surface area (Å²) in [5.41, 5.74) is 2.81. The van der Waals surface area contributed by atoms with Crippen molar-refractivity contribution in [3.05, 3.63) is 46.2 Å². The smallest absolute Gasteiger partial charge is 0.341 e. The van der Waals surface area contributed by atoms with Crippen LogP contribution in [0.3, 0.4) is 0 Å². The monoisotopic (exact) mass is 549 g/mol. The van der Waals surface area contributed by atoms with E-state index < -0.39 is 61.3 Å². The molecule has 1 fully saturated rings. The summed E-state index contributed by atoms with van der Waals surface area (Å²) in [5.74, 6) is -2.84. The molecule has 36 heavy (non-hydrogen) atoms. The van der Waals surface area contributed by atoms with Crippen molar-refractivity contribution in [3.63, 3.8) is 0 Å². The zero-order valence-corrected chi connectivity index (χ0v) is 19.5. The molecule has 1 unspecified atom stereocenters. The highest BCUT2D eigenvalue weighted by molar-refractivity contribution is 6.30. The van der Waals surface area contributed by atoms with Crippen molar-refractivity contribution >= 4 is 46.2 Å². The average Bonchev–Trinajstić information content (AvgIpc) is 3.33. The minimum absolute atomic E-state index is 0.0118. The van der Waals surface area contributed by atoms with Crippen molar-refractivity contribution in [2.75, 3.05) is 12.3 Å². The molecule has 1 aliphatic heterocycles. The number of carboxylic acids is 1. The van der Waals surface area contributed by atoms with Crippen molar-refractivity contribution in [1.29, 1.82) is 0 Å². The molecule has 194 valence electrons. The maximum absolute atomic E-state index is 15.0. The predicted molar refractivity (Wildman–Crippen MR) is 119 cm³/mol. The van der Waals surface area contributed by atoms with E-state index >= 15 is 4.39 Å². The molecule has 0 amide bonds. The summed E-state index contributed by atoms with van der Waals surface area (Å²) < 4.78 is 41.3. The predicted octanol–water partition coefficient (Wildman–Crippen LogP) is 0.844. The van der Waals surface area contributed by atoms with E-state index in [-0.39, 0.29) is 32.9 Å². The number of hydrogen-bond donors (Lipinski definition) is 5. The first-order chi connectivity index (χ1) is 16.9. The van der Waals surface area contributed by atoms with Crippen LogP contribution in [0.15, 0.2) is 24.5 Å². The SMILES string of the molecule is Nc1nc(Cl)nc2c1ncn2[C@@H]1O[C@H](COC(Cc2ccc(Cl)cc2F)(C(=O)O)C(O)O)[C@@H](O)[C@@H]1F.